The highest BCUT2D eigenvalue weighted by Gasteiger charge is 2.08. The highest BCUT2D eigenvalue weighted by molar-refractivity contribution is 7.90. The number of hydrogen-bond donors (Lipinski definition) is 2. The van der Waals surface area contributed by atoms with E-state index in [-0.39, 0.29) is 11.3 Å². The SMILES string of the molecule is NS(=O)(=O)Nc1cccc(C(F)F)c1. The summed E-state index contributed by atoms with van der Waals surface area (Å²) in [7, 11) is -3.91. The van der Waals surface area contributed by atoms with Gasteiger partial charge in [-0.15, -0.1) is 0 Å². The lowest BCUT2D eigenvalue weighted by molar-refractivity contribution is 0.151. The van der Waals surface area contributed by atoms with E-state index < -0.39 is 16.6 Å². The van der Waals surface area contributed by atoms with Crippen LogP contribution in [0, 0.1) is 0 Å². The molecule has 78 valence electrons. The minimum Gasteiger partial charge on any atom is -0.271 e. The van der Waals surface area contributed by atoms with E-state index in [4.69, 9.17) is 0 Å². The fourth-order valence-electron chi connectivity index (χ4n) is 0.902. The maximum atomic E-state index is 12.2. The molecule has 7 heteroatoms. The van der Waals surface area contributed by atoms with Gasteiger partial charge < -0.3 is 0 Å². The molecule has 0 radical (unpaired) electrons. The quantitative estimate of drug-likeness (QED) is 0.807. The van der Waals surface area contributed by atoms with E-state index in [9.17, 15) is 17.2 Å². The van der Waals surface area contributed by atoms with Gasteiger partial charge in [-0.25, -0.2) is 13.9 Å². The van der Waals surface area contributed by atoms with Crippen LogP contribution in [0.4, 0.5) is 14.5 Å². The Kier molecular flexibility index (Phi) is 3.02. The fourth-order valence-corrected chi connectivity index (χ4v) is 1.36. The largest absolute Gasteiger partial charge is 0.296 e. The summed E-state index contributed by atoms with van der Waals surface area (Å²) in [6.45, 7) is 0. The van der Waals surface area contributed by atoms with Gasteiger partial charge in [-0.3, -0.25) is 4.72 Å². The van der Waals surface area contributed by atoms with Gasteiger partial charge in [0.15, 0.2) is 0 Å². The zero-order valence-electron chi connectivity index (χ0n) is 6.94. The standard InChI is InChI=1S/C7H8F2N2O2S/c8-7(9)5-2-1-3-6(4-5)11-14(10,12)13/h1-4,7,11H,(H2,10,12,13). The maximum Gasteiger partial charge on any atom is 0.296 e. The first-order valence-electron chi connectivity index (χ1n) is 3.57. The van der Waals surface area contributed by atoms with Crippen molar-refractivity contribution in [3.8, 4) is 0 Å². The van der Waals surface area contributed by atoms with E-state index in [0.29, 0.717) is 0 Å². The molecule has 0 amide bonds. The molecule has 0 heterocycles. The lowest BCUT2D eigenvalue weighted by atomic mass is 10.2. The topological polar surface area (TPSA) is 72.2 Å². The maximum absolute atomic E-state index is 12.2. The third-order valence-electron chi connectivity index (χ3n) is 1.40. The van der Waals surface area contributed by atoms with Gasteiger partial charge in [0.25, 0.3) is 16.6 Å². The molecule has 3 N–H and O–H groups in total. The molecular weight excluding hydrogens is 214 g/mol. The van der Waals surface area contributed by atoms with Crippen LogP contribution in [-0.4, -0.2) is 8.42 Å². The van der Waals surface area contributed by atoms with Crippen LogP contribution in [0.15, 0.2) is 24.3 Å². The van der Waals surface area contributed by atoms with Crippen molar-refractivity contribution in [3.05, 3.63) is 29.8 Å². The van der Waals surface area contributed by atoms with Gasteiger partial charge in [0.1, 0.15) is 0 Å². The van der Waals surface area contributed by atoms with E-state index in [0.717, 1.165) is 6.07 Å². The first-order valence-corrected chi connectivity index (χ1v) is 5.12. The Labute approximate surface area is 79.9 Å². The van der Waals surface area contributed by atoms with Crippen LogP contribution in [0.1, 0.15) is 12.0 Å². The molecule has 4 nitrogen and oxygen atoms in total. The Morgan fingerprint density at radius 2 is 2.00 bits per heavy atom. The Balaban J connectivity index is 2.95. The van der Waals surface area contributed by atoms with Crippen molar-refractivity contribution >= 4 is 15.9 Å². The monoisotopic (exact) mass is 222 g/mol. The van der Waals surface area contributed by atoms with Gasteiger partial charge in [0.05, 0.1) is 5.69 Å². The van der Waals surface area contributed by atoms with Crippen LogP contribution in [0.5, 0.6) is 0 Å². The lowest BCUT2D eigenvalue weighted by Crippen LogP contribution is -2.21. The van der Waals surface area contributed by atoms with Gasteiger partial charge >= 0.3 is 0 Å². The molecule has 0 spiro atoms. The second kappa shape index (κ2) is 3.89. The molecule has 1 aromatic carbocycles. The van der Waals surface area contributed by atoms with Gasteiger partial charge in [-0.1, -0.05) is 12.1 Å². The Morgan fingerprint density at radius 3 is 2.50 bits per heavy atom. The molecular formula is C7H8F2N2O2S. The van der Waals surface area contributed by atoms with Crippen molar-refractivity contribution in [1.82, 2.24) is 0 Å². The fraction of sp³-hybridized carbons (Fsp3) is 0.143. The summed E-state index contributed by atoms with van der Waals surface area (Å²) in [5.41, 5.74) is -0.246. The number of halogens is 2. The van der Waals surface area contributed by atoms with Crippen LogP contribution in [-0.2, 0) is 10.2 Å². The van der Waals surface area contributed by atoms with Crippen LogP contribution >= 0.6 is 0 Å². The number of hydrogen-bond acceptors (Lipinski definition) is 2. The predicted molar refractivity (Wildman–Crippen MR) is 48.1 cm³/mol. The Morgan fingerprint density at radius 1 is 1.36 bits per heavy atom. The van der Waals surface area contributed by atoms with Gasteiger partial charge in [-0.05, 0) is 12.1 Å². The molecule has 0 fully saturated rings. The Bertz CT molecular complexity index is 419. The second-order valence-corrected chi connectivity index (χ2v) is 3.87. The van der Waals surface area contributed by atoms with Crippen molar-refractivity contribution in [2.75, 3.05) is 4.72 Å². The minimum absolute atomic E-state index is 0.0188. The second-order valence-electron chi connectivity index (χ2n) is 2.57. The number of anilines is 1. The van der Waals surface area contributed by atoms with E-state index in [1.807, 2.05) is 4.72 Å². The molecule has 0 aromatic heterocycles. The van der Waals surface area contributed by atoms with Crippen LogP contribution in [0.25, 0.3) is 0 Å². The zero-order chi connectivity index (χ0) is 10.8. The molecule has 0 bridgehead atoms. The summed E-state index contributed by atoms with van der Waals surface area (Å²) in [6, 6.07) is 4.86. The molecule has 1 rings (SSSR count). The molecule has 0 saturated carbocycles. The van der Waals surface area contributed by atoms with Crippen molar-refractivity contribution < 1.29 is 17.2 Å². The molecule has 0 atom stereocenters. The first-order chi connectivity index (χ1) is 6.38. The van der Waals surface area contributed by atoms with Crippen molar-refractivity contribution in [3.63, 3.8) is 0 Å². The summed E-state index contributed by atoms with van der Waals surface area (Å²) in [4.78, 5) is 0. The van der Waals surface area contributed by atoms with Crippen LogP contribution in [0.3, 0.4) is 0 Å². The highest BCUT2D eigenvalue weighted by atomic mass is 32.2. The average Bonchev–Trinajstić information content (AvgIpc) is 2.01. The number of nitrogens with two attached hydrogens (primary N) is 1. The van der Waals surface area contributed by atoms with E-state index in [1.54, 1.807) is 0 Å². The molecule has 1 aromatic rings. The number of rotatable bonds is 3. The molecule has 0 saturated heterocycles. The van der Waals surface area contributed by atoms with Gasteiger partial charge in [0, 0.05) is 5.56 Å². The van der Waals surface area contributed by atoms with Crippen molar-refractivity contribution in [2.24, 2.45) is 5.14 Å². The average molecular weight is 222 g/mol. The summed E-state index contributed by atoms with van der Waals surface area (Å²) >= 11 is 0. The minimum atomic E-state index is -3.91. The van der Waals surface area contributed by atoms with E-state index >= 15 is 0 Å². The number of benzene rings is 1. The van der Waals surface area contributed by atoms with Gasteiger partial charge in [0.2, 0.25) is 0 Å². The molecule has 0 aliphatic rings. The summed E-state index contributed by atoms with van der Waals surface area (Å²) in [5.74, 6) is 0. The van der Waals surface area contributed by atoms with Gasteiger partial charge in [-0.2, -0.15) is 8.42 Å². The highest BCUT2D eigenvalue weighted by Crippen LogP contribution is 2.21. The third-order valence-corrected chi connectivity index (χ3v) is 1.92. The van der Waals surface area contributed by atoms with Crippen molar-refractivity contribution in [2.45, 2.75) is 6.43 Å². The lowest BCUT2D eigenvalue weighted by Gasteiger charge is -2.05. The summed E-state index contributed by atoms with van der Waals surface area (Å²) in [5, 5.41) is 4.67. The van der Waals surface area contributed by atoms with Crippen LogP contribution in [0.2, 0.25) is 0 Å². The first kappa shape index (κ1) is 10.9. The zero-order valence-corrected chi connectivity index (χ0v) is 7.76. The third kappa shape index (κ3) is 3.27. The molecule has 0 unspecified atom stereocenters. The Hall–Kier alpha value is -1.21. The number of alkyl halides is 2. The summed E-state index contributed by atoms with van der Waals surface area (Å²) < 4.78 is 47.4. The smallest absolute Gasteiger partial charge is 0.271 e. The normalized spacial score (nSPS) is 11.7. The molecule has 0 aliphatic heterocycles. The van der Waals surface area contributed by atoms with E-state index in [1.165, 1.54) is 18.2 Å². The predicted octanol–water partition coefficient (Wildman–Crippen LogP) is 1.24. The van der Waals surface area contributed by atoms with Crippen LogP contribution < -0.4 is 9.86 Å². The molecule has 0 aliphatic carbocycles. The molecule has 14 heavy (non-hydrogen) atoms. The number of nitrogens with one attached hydrogen (secondary N) is 1. The van der Waals surface area contributed by atoms with Crippen molar-refractivity contribution in [1.29, 1.82) is 0 Å². The van der Waals surface area contributed by atoms with E-state index in [2.05, 4.69) is 5.14 Å². The summed E-state index contributed by atoms with van der Waals surface area (Å²) in [6.07, 6.45) is -2.64.